The fourth-order valence-electron chi connectivity index (χ4n) is 9.52. The largest absolute Gasteiger partial charge is 0.748 e. The summed E-state index contributed by atoms with van der Waals surface area (Å²) in [5.74, 6) is 4.06. The van der Waals surface area contributed by atoms with Crippen LogP contribution in [0.25, 0.3) is 21.5 Å². The number of hydrogen-bond acceptors (Lipinski definition) is 19. The highest BCUT2D eigenvalue weighted by Gasteiger charge is 2.47. The Hall–Kier alpha value is -4.97. The van der Waals surface area contributed by atoms with Gasteiger partial charge in [-0.25, -0.2) is 47.9 Å². The molecule has 21 nitrogen and oxygen atoms in total. The molecule has 2 heterocycles. The van der Waals surface area contributed by atoms with Gasteiger partial charge in [0.2, 0.25) is 11.6 Å². The van der Waals surface area contributed by atoms with Gasteiger partial charge in [-0.15, -0.1) is 0 Å². The molecule has 6 rings (SSSR count). The third-order valence-electron chi connectivity index (χ3n) is 12.5. The first-order chi connectivity index (χ1) is 32.4. The van der Waals surface area contributed by atoms with Crippen molar-refractivity contribution in [2.75, 3.05) is 37.5 Å². The number of carbonyl (C=O) groups is 1. The number of unbranched alkanes of at least 4 members (excludes halogenated alkanes) is 2. The lowest BCUT2D eigenvalue weighted by atomic mass is 9.75. The SMILES string of the molecule is COCCN1/C(=C/C=C/C=C/C2=[N+](CCCCCC(=O)NN)c3ccc4c(S(=O)(=O)[O-])cc(S(=O)(=O)[O-])cc4c3C2(C)C)C(C)(CCCS(=O)(=O)[O-])c2c1ccc1c(S(=O)(=O)[O-])cc(S(=O)(=O)[O-])cc21. The number of nitrogens with zero attached hydrogens (tertiary/aromatic N) is 2. The van der Waals surface area contributed by atoms with Crippen molar-refractivity contribution in [1.82, 2.24) is 5.43 Å². The first-order valence-corrected chi connectivity index (χ1v) is 28.5. The van der Waals surface area contributed by atoms with Crippen LogP contribution in [-0.2, 0) is 71.0 Å². The molecule has 4 aromatic rings. The van der Waals surface area contributed by atoms with Crippen molar-refractivity contribution >= 4 is 95.1 Å². The van der Waals surface area contributed by atoms with E-state index < -0.39 is 86.8 Å². The maximum Gasteiger partial charge on any atom is 0.233 e. The summed E-state index contributed by atoms with van der Waals surface area (Å²) in [6.45, 7) is 5.76. The zero-order valence-corrected chi connectivity index (χ0v) is 42.1. The number of carbonyl (C=O) groups excluding carboxylic acids is 1. The average molecular weight is 1070 g/mol. The van der Waals surface area contributed by atoms with Gasteiger partial charge in [0.1, 0.15) is 47.0 Å². The molecule has 70 heavy (non-hydrogen) atoms. The van der Waals surface area contributed by atoms with E-state index >= 15 is 0 Å². The van der Waals surface area contributed by atoms with Gasteiger partial charge in [-0.05, 0) is 111 Å². The molecule has 0 aliphatic carbocycles. The number of benzene rings is 4. The molecule has 0 spiro atoms. The molecule has 0 fully saturated rings. The summed E-state index contributed by atoms with van der Waals surface area (Å²) in [5.41, 5.74) is 2.24. The summed E-state index contributed by atoms with van der Waals surface area (Å²) in [5, 5.41) is -0.367. The van der Waals surface area contributed by atoms with Crippen LogP contribution in [-0.4, -0.2) is 114 Å². The van der Waals surface area contributed by atoms with Gasteiger partial charge in [0.05, 0.1) is 41.7 Å². The lowest BCUT2D eigenvalue weighted by Gasteiger charge is -2.31. The zero-order valence-electron chi connectivity index (χ0n) is 38.0. The number of ether oxygens (including phenoxy) is 1. The molecule has 26 heteroatoms. The predicted octanol–water partition coefficient (Wildman–Crippen LogP) is 3.28. The van der Waals surface area contributed by atoms with Crippen molar-refractivity contribution in [3.8, 4) is 0 Å². The first-order valence-electron chi connectivity index (χ1n) is 21.3. The van der Waals surface area contributed by atoms with E-state index in [0.717, 1.165) is 12.1 Å². The Morgan fingerprint density at radius 2 is 1.29 bits per heavy atom. The molecule has 1 amide bonds. The number of anilines is 1. The number of allylic oxidation sites excluding steroid dienone is 6. The van der Waals surface area contributed by atoms with Crippen LogP contribution in [0.3, 0.4) is 0 Å². The van der Waals surface area contributed by atoms with Gasteiger partial charge < -0.3 is 32.4 Å². The number of hydrazine groups is 1. The number of hydrogen-bond donors (Lipinski definition) is 2. The van der Waals surface area contributed by atoms with Gasteiger partial charge in [-0.2, -0.15) is 4.58 Å². The molecule has 0 saturated heterocycles. The van der Waals surface area contributed by atoms with Crippen molar-refractivity contribution in [1.29, 1.82) is 0 Å². The molecule has 0 bridgehead atoms. The molecule has 0 saturated carbocycles. The Bertz CT molecular complexity index is 3510. The second-order valence-electron chi connectivity index (χ2n) is 17.4. The lowest BCUT2D eigenvalue weighted by Crippen LogP contribution is -2.31. The molecule has 0 radical (unpaired) electrons. The molecule has 1 unspecified atom stereocenters. The second-order valence-corrected chi connectivity index (χ2v) is 24.4. The number of rotatable bonds is 20. The maximum atomic E-state index is 12.5. The Balaban J connectivity index is 1.52. The average Bonchev–Trinajstić information content (AvgIpc) is 3.61. The van der Waals surface area contributed by atoms with Crippen molar-refractivity contribution in [2.45, 2.75) is 89.7 Å². The fraction of sp³-hybridized carbons (Fsp3) is 0.364. The highest BCUT2D eigenvalue weighted by Crippen LogP contribution is 2.54. The van der Waals surface area contributed by atoms with Crippen molar-refractivity contribution in [3.05, 3.63) is 95.7 Å². The van der Waals surface area contributed by atoms with E-state index in [4.69, 9.17) is 10.6 Å². The minimum absolute atomic E-state index is 0.0376. The third kappa shape index (κ3) is 11.2. The molecule has 380 valence electrons. The van der Waals surface area contributed by atoms with Crippen LogP contribution in [0.1, 0.15) is 70.4 Å². The number of nitrogens with two attached hydrogens (primary N) is 1. The smallest absolute Gasteiger partial charge is 0.233 e. The molecule has 4 aromatic carbocycles. The Labute approximate surface area is 406 Å². The summed E-state index contributed by atoms with van der Waals surface area (Å²) in [4.78, 5) is 9.76. The quantitative estimate of drug-likeness (QED) is 0.0244. The van der Waals surface area contributed by atoms with Gasteiger partial charge in [-0.3, -0.25) is 10.2 Å². The van der Waals surface area contributed by atoms with Gasteiger partial charge in [0.25, 0.3) is 0 Å². The van der Waals surface area contributed by atoms with Gasteiger partial charge in [-0.1, -0.05) is 24.3 Å². The maximum absolute atomic E-state index is 12.5. The van der Waals surface area contributed by atoms with E-state index in [9.17, 15) is 69.6 Å². The number of fused-ring (bicyclic) bond motifs is 6. The monoisotopic (exact) mass is 1060 g/mol. The topological polar surface area (TPSA) is 357 Å². The van der Waals surface area contributed by atoms with E-state index in [0.29, 0.717) is 66.3 Å². The van der Waals surface area contributed by atoms with Gasteiger partial charge in [0, 0.05) is 72.1 Å². The molecule has 1 atom stereocenters. The lowest BCUT2D eigenvalue weighted by molar-refractivity contribution is -0.438. The van der Waals surface area contributed by atoms with Crippen molar-refractivity contribution in [3.63, 3.8) is 0 Å². The van der Waals surface area contributed by atoms with E-state index in [1.807, 2.05) is 4.58 Å². The summed E-state index contributed by atoms with van der Waals surface area (Å²) in [6, 6.07) is 8.75. The Morgan fingerprint density at radius 1 is 0.714 bits per heavy atom. The van der Waals surface area contributed by atoms with Crippen LogP contribution in [0.4, 0.5) is 11.4 Å². The van der Waals surface area contributed by atoms with Gasteiger partial charge in [0.15, 0.2) is 5.71 Å². The molecule has 2 aliphatic rings. The van der Waals surface area contributed by atoms with E-state index in [-0.39, 0.29) is 65.4 Å². The Kier molecular flexibility index (Phi) is 15.5. The Morgan fingerprint density at radius 3 is 1.81 bits per heavy atom. The second kappa shape index (κ2) is 19.9. The number of nitrogens with one attached hydrogen (secondary N) is 1. The van der Waals surface area contributed by atoms with Gasteiger partial charge >= 0.3 is 0 Å². The molecular weight excluding hydrogens is 1020 g/mol. The standard InChI is InChI=1S/C44H52N4O17S5/c1-43(2)38(47(20-10-6-9-14-40(49)46-45)34-17-15-30-32(41(34)43)24-28(67(53,54)55)26-36(30)69(59,60)61)12-7-5-8-13-39-44(3,19-11-23-66(50,51)52)42-33-25-29(68(56,57)58)27-37(70(62,63)64)31(33)16-18-35(42)48(39)21-22-65-4/h5,7-8,12-13,15-18,24-27H,6,9-11,14,19-23,45H2,1-4H3,(H5-,46,49,50,51,52,53,54,55,56,57,58,59,60,61,62,63,64)/p-4. The third-order valence-corrected chi connectivity index (χ3v) is 16.7. The van der Waals surface area contributed by atoms with Crippen LogP contribution < -0.4 is 16.2 Å². The summed E-state index contributed by atoms with van der Waals surface area (Å²) < 4.78 is 192. The summed E-state index contributed by atoms with van der Waals surface area (Å²) in [7, 11) is -24.6. The normalized spacial score (nSPS) is 18.3. The summed E-state index contributed by atoms with van der Waals surface area (Å²) >= 11 is 0. The highest BCUT2D eigenvalue weighted by molar-refractivity contribution is 7.87. The number of methoxy groups -OCH3 is 1. The molecule has 3 N–H and O–H groups in total. The predicted molar refractivity (Wildman–Crippen MR) is 250 cm³/mol. The minimum Gasteiger partial charge on any atom is -0.748 e. The number of amides is 1. The van der Waals surface area contributed by atoms with Crippen molar-refractivity contribution < 1.29 is 79.0 Å². The molecule has 2 aliphatic heterocycles. The molecular formula is C44H48N4O17S5-4. The first kappa shape index (κ1) is 54.4. The highest BCUT2D eigenvalue weighted by atomic mass is 32.2. The van der Waals surface area contributed by atoms with Crippen LogP contribution in [0.2, 0.25) is 0 Å². The van der Waals surface area contributed by atoms with E-state index in [2.05, 4.69) is 5.43 Å². The van der Waals surface area contributed by atoms with Crippen LogP contribution >= 0.6 is 0 Å². The van der Waals surface area contributed by atoms with Crippen LogP contribution in [0, 0.1) is 0 Å². The summed E-state index contributed by atoms with van der Waals surface area (Å²) in [6.07, 6.45) is 9.65. The van der Waals surface area contributed by atoms with Crippen LogP contribution in [0.5, 0.6) is 0 Å². The molecule has 0 aromatic heterocycles. The van der Waals surface area contributed by atoms with Crippen LogP contribution in [0.15, 0.2) is 104 Å². The minimum atomic E-state index is -5.38. The fourth-order valence-corrected chi connectivity index (χ4v) is 12.7. The van der Waals surface area contributed by atoms with Crippen molar-refractivity contribution in [2.24, 2.45) is 5.84 Å². The van der Waals surface area contributed by atoms with E-state index in [1.54, 1.807) is 62.1 Å². The zero-order chi connectivity index (χ0) is 52.0. The van der Waals surface area contributed by atoms with E-state index in [1.165, 1.54) is 25.3 Å².